The van der Waals surface area contributed by atoms with Crippen LogP contribution in [0.1, 0.15) is 11.7 Å². The number of nitrogens with zero attached hydrogens (tertiary/aromatic N) is 1. The Labute approximate surface area is 145 Å². The number of hydrogen-bond acceptors (Lipinski definition) is 4. The summed E-state index contributed by atoms with van der Waals surface area (Å²) in [6, 6.07) is 13.0. The molecule has 0 radical (unpaired) electrons. The molecule has 1 aromatic heterocycles. The summed E-state index contributed by atoms with van der Waals surface area (Å²) in [5, 5.41) is 0.483. The van der Waals surface area contributed by atoms with Gasteiger partial charge in [0.05, 0.1) is 4.90 Å². The third-order valence-corrected chi connectivity index (χ3v) is 5.09. The van der Waals surface area contributed by atoms with E-state index in [0.717, 1.165) is 17.0 Å². The first-order valence-electron chi connectivity index (χ1n) is 7.18. The van der Waals surface area contributed by atoms with Crippen molar-refractivity contribution in [1.82, 2.24) is 4.98 Å². The SMILES string of the molecule is Cc1nc(-c2ccc(NS(=O)(=O)c3ccc(Cl)cc3)cc2)c(C)o1. The number of hydrogen-bond donors (Lipinski definition) is 1. The van der Waals surface area contributed by atoms with Crippen molar-refractivity contribution in [2.45, 2.75) is 18.7 Å². The lowest BCUT2D eigenvalue weighted by molar-refractivity contribution is 0.495. The quantitative estimate of drug-likeness (QED) is 0.746. The number of oxazole rings is 1. The van der Waals surface area contributed by atoms with Gasteiger partial charge < -0.3 is 4.42 Å². The summed E-state index contributed by atoms with van der Waals surface area (Å²) in [5.41, 5.74) is 2.07. The summed E-state index contributed by atoms with van der Waals surface area (Å²) in [6.07, 6.45) is 0. The highest BCUT2D eigenvalue weighted by atomic mass is 35.5. The van der Waals surface area contributed by atoms with Crippen LogP contribution in [-0.2, 0) is 10.0 Å². The van der Waals surface area contributed by atoms with Crippen LogP contribution in [0.25, 0.3) is 11.3 Å². The molecule has 1 N–H and O–H groups in total. The molecule has 0 bridgehead atoms. The molecule has 124 valence electrons. The number of aryl methyl sites for hydroxylation is 2. The lowest BCUT2D eigenvalue weighted by atomic mass is 10.1. The second-order valence-electron chi connectivity index (χ2n) is 5.27. The molecule has 0 amide bonds. The van der Waals surface area contributed by atoms with E-state index in [2.05, 4.69) is 9.71 Å². The van der Waals surface area contributed by atoms with Crippen LogP contribution in [0.4, 0.5) is 5.69 Å². The molecule has 0 aliphatic heterocycles. The standard InChI is InChI=1S/C17H15ClN2O3S/c1-11-17(19-12(2)23-11)13-3-7-15(8-4-13)20-24(21,22)16-9-5-14(18)6-10-16/h3-10,20H,1-2H3. The Balaban J connectivity index is 1.83. The molecule has 24 heavy (non-hydrogen) atoms. The van der Waals surface area contributed by atoms with Gasteiger partial charge in [0.25, 0.3) is 10.0 Å². The van der Waals surface area contributed by atoms with Crippen molar-refractivity contribution >= 4 is 27.3 Å². The molecule has 3 rings (SSSR count). The number of benzene rings is 2. The van der Waals surface area contributed by atoms with Crippen LogP contribution in [0.5, 0.6) is 0 Å². The summed E-state index contributed by atoms with van der Waals surface area (Å²) < 4.78 is 32.6. The van der Waals surface area contributed by atoms with Gasteiger partial charge in [-0.15, -0.1) is 0 Å². The van der Waals surface area contributed by atoms with Gasteiger partial charge in [-0.3, -0.25) is 4.72 Å². The van der Waals surface area contributed by atoms with Gasteiger partial charge in [-0.2, -0.15) is 0 Å². The van der Waals surface area contributed by atoms with Crippen molar-refractivity contribution in [3.8, 4) is 11.3 Å². The molecule has 7 heteroatoms. The normalized spacial score (nSPS) is 11.5. The maximum Gasteiger partial charge on any atom is 0.261 e. The van der Waals surface area contributed by atoms with Gasteiger partial charge >= 0.3 is 0 Å². The summed E-state index contributed by atoms with van der Waals surface area (Å²) in [5.74, 6) is 1.32. The van der Waals surface area contributed by atoms with Crippen LogP contribution in [0.15, 0.2) is 57.8 Å². The molecular formula is C17H15ClN2O3S. The Kier molecular flexibility index (Phi) is 4.34. The molecule has 0 spiro atoms. The minimum Gasteiger partial charge on any atom is -0.446 e. The minimum atomic E-state index is -3.65. The van der Waals surface area contributed by atoms with Crippen LogP contribution in [0.3, 0.4) is 0 Å². The number of rotatable bonds is 4. The molecule has 0 atom stereocenters. The lowest BCUT2D eigenvalue weighted by Gasteiger charge is -2.08. The third-order valence-electron chi connectivity index (χ3n) is 3.44. The fraction of sp³-hybridized carbons (Fsp3) is 0.118. The summed E-state index contributed by atoms with van der Waals surface area (Å²) in [7, 11) is -3.65. The van der Waals surface area contributed by atoms with E-state index >= 15 is 0 Å². The number of anilines is 1. The van der Waals surface area contributed by atoms with E-state index < -0.39 is 10.0 Å². The molecule has 0 saturated heterocycles. The molecule has 0 unspecified atom stereocenters. The Morgan fingerprint density at radius 1 is 1.00 bits per heavy atom. The second-order valence-corrected chi connectivity index (χ2v) is 7.39. The maximum atomic E-state index is 12.3. The van der Waals surface area contributed by atoms with Crippen molar-refractivity contribution in [2.75, 3.05) is 4.72 Å². The summed E-state index contributed by atoms with van der Waals surface area (Å²) in [4.78, 5) is 4.47. The minimum absolute atomic E-state index is 0.152. The van der Waals surface area contributed by atoms with Crippen molar-refractivity contribution in [3.05, 3.63) is 65.2 Å². The smallest absolute Gasteiger partial charge is 0.261 e. The Morgan fingerprint density at radius 3 is 2.17 bits per heavy atom. The molecule has 0 aliphatic rings. The monoisotopic (exact) mass is 362 g/mol. The summed E-state index contributed by atoms with van der Waals surface area (Å²) in [6.45, 7) is 3.62. The van der Waals surface area contributed by atoms with Crippen molar-refractivity contribution < 1.29 is 12.8 Å². The zero-order valence-corrected chi connectivity index (χ0v) is 14.6. The number of halogens is 1. The Morgan fingerprint density at radius 2 is 1.62 bits per heavy atom. The fourth-order valence-corrected chi connectivity index (χ4v) is 3.51. The number of nitrogens with one attached hydrogen (secondary N) is 1. The average Bonchev–Trinajstić information content (AvgIpc) is 2.87. The first kappa shape index (κ1) is 16.5. The van der Waals surface area contributed by atoms with Gasteiger partial charge in [0.15, 0.2) is 5.89 Å². The lowest BCUT2D eigenvalue weighted by Crippen LogP contribution is -2.12. The van der Waals surface area contributed by atoms with Gasteiger partial charge in [0.1, 0.15) is 11.5 Å². The van der Waals surface area contributed by atoms with E-state index in [9.17, 15) is 8.42 Å². The zero-order valence-electron chi connectivity index (χ0n) is 13.1. The van der Waals surface area contributed by atoms with Gasteiger partial charge in [-0.1, -0.05) is 23.7 Å². The van der Waals surface area contributed by atoms with E-state index in [0.29, 0.717) is 16.6 Å². The van der Waals surface area contributed by atoms with E-state index in [1.54, 1.807) is 31.2 Å². The molecule has 0 aliphatic carbocycles. The number of aromatic nitrogens is 1. The van der Waals surface area contributed by atoms with E-state index in [4.69, 9.17) is 16.0 Å². The van der Waals surface area contributed by atoms with Crippen LogP contribution in [-0.4, -0.2) is 13.4 Å². The third kappa shape index (κ3) is 3.44. The van der Waals surface area contributed by atoms with E-state index in [1.807, 2.05) is 6.92 Å². The predicted octanol–water partition coefficient (Wildman–Crippen LogP) is 4.41. The Hall–Kier alpha value is -2.31. The molecule has 3 aromatic rings. The van der Waals surface area contributed by atoms with Crippen molar-refractivity contribution in [1.29, 1.82) is 0 Å². The first-order chi connectivity index (χ1) is 11.3. The van der Waals surface area contributed by atoms with Gasteiger partial charge in [-0.05, 0) is 43.3 Å². The first-order valence-corrected chi connectivity index (χ1v) is 9.04. The Bertz CT molecular complexity index is 962. The fourth-order valence-electron chi connectivity index (χ4n) is 2.32. The summed E-state index contributed by atoms with van der Waals surface area (Å²) >= 11 is 5.78. The second kappa shape index (κ2) is 6.30. The average molecular weight is 363 g/mol. The van der Waals surface area contributed by atoms with Gasteiger partial charge in [0.2, 0.25) is 0 Å². The highest BCUT2D eigenvalue weighted by Gasteiger charge is 2.14. The zero-order chi connectivity index (χ0) is 17.3. The van der Waals surface area contributed by atoms with Crippen molar-refractivity contribution in [2.24, 2.45) is 0 Å². The van der Waals surface area contributed by atoms with Crippen LogP contribution >= 0.6 is 11.6 Å². The van der Waals surface area contributed by atoms with Gasteiger partial charge in [-0.25, -0.2) is 13.4 Å². The largest absolute Gasteiger partial charge is 0.446 e. The maximum absolute atomic E-state index is 12.3. The van der Waals surface area contributed by atoms with Gasteiger partial charge in [0, 0.05) is 23.2 Å². The topological polar surface area (TPSA) is 72.2 Å². The molecular weight excluding hydrogens is 348 g/mol. The molecule has 1 heterocycles. The molecule has 2 aromatic carbocycles. The predicted molar refractivity (Wildman–Crippen MR) is 93.7 cm³/mol. The van der Waals surface area contributed by atoms with E-state index in [1.165, 1.54) is 24.3 Å². The van der Waals surface area contributed by atoms with Crippen LogP contribution < -0.4 is 4.72 Å². The van der Waals surface area contributed by atoms with Crippen LogP contribution in [0.2, 0.25) is 5.02 Å². The van der Waals surface area contributed by atoms with Crippen LogP contribution in [0, 0.1) is 13.8 Å². The number of sulfonamides is 1. The molecule has 0 saturated carbocycles. The molecule has 0 fully saturated rings. The highest BCUT2D eigenvalue weighted by Crippen LogP contribution is 2.25. The molecule has 5 nitrogen and oxygen atoms in total. The highest BCUT2D eigenvalue weighted by molar-refractivity contribution is 7.92. The van der Waals surface area contributed by atoms with Crippen molar-refractivity contribution in [3.63, 3.8) is 0 Å². The van der Waals surface area contributed by atoms with E-state index in [-0.39, 0.29) is 4.90 Å².